The third-order valence-electron chi connectivity index (χ3n) is 3.33. The van der Waals surface area contributed by atoms with Gasteiger partial charge in [0.15, 0.2) is 0 Å². The number of likely N-dealkylation sites (tertiary alicyclic amines) is 1. The lowest BCUT2D eigenvalue weighted by Gasteiger charge is -2.17. The first-order valence-corrected chi connectivity index (χ1v) is 8.37. The fraction of sp³-hybridized carbons (Fsp3) is 0.462. The molecule has 7 heteroatoms. The minimum Gasteiger partial charge on any atom is -0.338 e. The van der Waals surface area contributed by atoms with Gasteiger partial charge in [-0.25, -0.2) is 13.6 Å². The SMILES string of the molecule is Cc1ccc(CN2CC(CS(N)(=O)=O)CC2=O)c(Cl)c1. The average Bonchev–Trinajstić information content (AvgIpc) is 2.60. The summed E-state index contributed by atoms with van der Waals surface area (Å²) in [7, 11) is -3.55. The van der Waals surface area contributed by atoms with Gasteiger partial charge >= 0.3 is 0 Å². The Hall–Kier alpha value is -1.11. The van der Waals surface area contributed by atoms with Crippen LogP contribution in [0.15, 0.2) is 18.2 Å². The van der Waals surface area contributed by atoms with E-state index in [1.54, 1.807) is 4.90 Å². The Balaban J connectivity index is 2.05. The second-order valence-corrected chi connectivity index (χ2v) is 7.34. The van der Waals surface area contributed by atoms with Crippen molar-refractivity contribution < 1.29 is 13.2 Å². The molecule has 2 rings (SSSR count). The number of sulfonamides is 1. The van der Waals surface area contributed by atoms with Crippen LogP contribution in [-0.2, 0) is 21.4 Å². The molecule has 1 saturated heterocycles. The summed E-state index contributed by atoms with van der Waals surface area (Å²) in [5, 5.41) is 5.64. The summed E-state index contributed by atoms with van der Waals surface area (Å²) in [5.41, 5.74) is 1.92. The Kier molecular flexibility index (Phi) is 4.36. The number of halogens is 1. The standard InChI is InChI=1S/C13H17ClN2O3S/c1-9-2-3-11(12(14)4-9)7-16-6-10(5-13(16)17)8-20(15,18)19/h2-4,10H,5-8H2,1H3,(H2,15,18,19). The van der Waals surface area contributed by atoms with Crippen LogP contribution in [0, 0.1) is 12.8 Å². The summed E-state index contributed by atoms with van der Waals surface area (Å²) in [6, 6.07) is 5.67. The average molecular weight is 317 g/mol. The summed E-state index contributed by atoms with van der Waals surface area (Å²) in [6.07, 6.45) is 0.222. The van der Waals surface area contributed by atoms with Gasteiger partial charge in [0.1, 0.15) is 0 Å². The first-order chi connectivity index (χ1) is 9.24. The number of hydrogen-bond acceptors (Lipinski definition) is 3. The molecule has 0 spiro atoms. The molecule has 0 aliphatic carbocycles. The van der Waals surface area contributed by atoms with E-state index in [1.807, 2.05) is 25.1 Å². The largest absolute Gasteiger partial charge is 0.338 e. The maximum Gasteiger partial charge on any atom is 0.223 e. The van der Waals surface area contributed by atoms with Crippen molar-refractivity contribution in [2.24, 2.45) is 11.1 Å². The van der Waals surface area contributed by atoms with E-state index >= 15 is 0 Å². The summed E-state index contributed by atoms with van der Waals surface area (Å²) in [6.45, 7) is 2.75. The van der Waals surface area contributed by atoms with E-state index in [0.29, 0.717) is 18.1 Å². The molecule has 1 aromatic carbocycles. The van der Waals surface area contributed by atoms with Crippen LogP contribution in [0.4, 0.5) is 0 Å². The Bertz CT molecular complexity index is 631. The maximum absolute atomic E-state index is 11.9. The van der Waals surface area contributed by atoms with Crippen LogP contribution in [-0.4, -0.2) is 31.5 Å². The molecule has 1 fully saturated rings. The van der Waals surface area contributed by atoms with Crippen molar-refractivity contribution in [3.05, 3.63) is 34.3 Å². The molecule has 0 bridgehead atoms. The van der Waals surface area contributed by atoms with Crippen LogP contribution in [0.5, 0.6) is 0 Å². The minimum atomic E-state index is -3.55. The Morgan fingerprint density at radius 3 is 2.75 bits per heavy atom. The molecule has 2 N–H and O–H groups in total. The number of aryl methyl sites for hydroxylation is 1. The van der Waals surface area contributed by atoms with Gasteiger partial charge in [0, 0.05) is 30.5 Å². The van der Waals surface area contributed by atoms with Gasteiger partial charge in [0.25, 0.3) is 0 Å². The van der Waals surface area contributed by atoms with Gasteiger partial charge in [-0.3, -0.25) is 4.79 Å². The molecule has 1 heterocycles. The molecule has 0 aromatic heterocycles. The predicted octanol–water partition coefficient (Wildman–Crippen LogP) is 1.29. The van der Waals surface area contributed by atoms with Crippen molar-refractivity contribution in [2.45, 2.75) is 19.9 Å². The lowest BCUT2D eigenvalue weighted by atomic mass is 10.1. The van der Waals surface area contributed by atoms with Crippen molar-refractivity contribution >= 4 is 27.5 Å². The molecule has 1 unspecified atom stereocenters. The molecule has 1 aromatic rings. The molecular weight excluding hydrogens is 300 g/mol. The number of hydrogen-bond donors (Lipinski definition) is 1. The van der Waals surface area contributed by atoms with Gasteiger partial charge in [0.05, 0.1) is 5.75 Å². The highest BCUT2D eigenvalue weighted by Crippen LogP contribution is 2.24. The summed E-state index contributed by atoms with van der Waals surface area (Å²) >= 11 is 6.14. The molecule has 1 amide bonds. The Morgan fingerprint density at radius 1 is 1.45 bits per heavy atom. The van der Waals surface area contributed by atoms with Crippen LogP contribution >= 0.6 is 11.6 Å². The highest BCUT2D eigenvalue weighted by molar-refractivity contribution is 7.89. The molecule has 1 aliphatic rings. The number of benzene rings is 1. The van der Waals surface area contributed by atoms with E-state index in [4.69, 9.17) is 16.7 Å². The zero-order valence-corrected chi connectivity index (χ0v) is 12.7. The molecule has 0 radical (unpaired) electrons. The van der Waals surface area contributed by atoms with Gasteiger partial charge in [0.2, 0.25) is 15.9 Å². The Labute approximate surface area is 123 Å². The van der Waals surface area contributed by atoms with Gasteiger partial charge in [-0.2, -0.15) is 0 Å². The molecule has 1 aliphatic heterocycles. The van der Waals surface area contributed by atoms with E-state index in [2.05, 4.69) is 0 Å². The van der Waals surface area contributed by atoms with Crippen molar-refractivity contribution in [3.63, 3.8) is 0 Å². The topological polar surface area (TPSA) is 80.5 Å². The summed E-state index contributed by atoms with van der Waals surface area (Å²) < 4.78 is 22.2. The quantitative estimate of drug-likeness (QED) is 0.908. The predicted molar refractivity (Wildman–Crippen MR) is 77.7 cm³/mol. The maximum atomic E-state index is 11.9. The number of nitrogens with two attached hydrogens (primary N) is 1. The highest BCUT2D eigenvalue weighted by atomic mass is 35.5. The molecular formula is C13H17ClN2O3S. The Morgan fingerprint density at radius 2 is 2.15 bits per heavy atom. The first kappa shape index (κ1) is 15.3. The number of nitrogens with zero attached hydrogens (tertiary/aromatic N) is 1. The number of carbonyl (C=O) groups is 1. The molecule has 110 valence electrons. The van der Waals surface area contributed by atoms with Crippen LogP contribution in [0.3, 0.4) is 0 Å². The smallest absolute Gasteiger partial charge is 0.223 e. The van der Waals surface area contributed by atoms with Crippen LogP contribution in [0.2, 0.25) is 5.02 Å². The molecule has 5 nitrogen and oxygen atoms in total. The normalized spacial score (nSPS) is 19.6. The fourth-order valence-electron chi connectivity index (χ4n) is 2.43. The number of primary sulfonamides is 1. The number of carbonyl (C=O) groups excluding carboxylic acids is 1. The highest BCUT2D eigenvalue weighted by Gasteiger charge is 2.32. The van der Waals surface area contributed by atoms with Crippen molar-refractivity contribution in [3.8, 4) is 0 Å². The first-order valence-electron chi connectivity index (χ1n) is 6.28. The summed E-state index contributed by atoms with van der Waals surface area (Å²) in [5.74, 6) is -0.450. The minimum absolute atomic E-state index is 0.0599. The third kappa shape index (κ3) is 3.94. The zero-order chi connectivity index (χ0) is 14.9. The van der Waals surface area contributed by atoms with E-state index < -0.39 is 10.0 Å². The van der Waals surface area contributed by atoms with Gasteiger partial charge < -0.3 is 4.90 Å². The van der Waals surface area contributed by atoms with Crippen LogP contribution in [0.25, 0.3) is 0 Å². The monoisotopic (exact) mass is 316 g/mol. The number of amides is 1. The van der Waals surface area contributed by atoms with Gasteiger partial charge in [-0.15, -0.1) is 0 Å². The second-order valence-electron chi connectivity index (χ2n) is 5.27. The van der Waals surface area contributed by atoms with Crippen LogP contribution < -0.4 is 5.14 Å². The summed E-state index contributed by atoms with van der Waals surface area (Å²) in [4.78, 5) is 13.5. The van der Waals surface area contributed by atoms with E-state index in [0.717, 1.165) is 11.1 Å². The van der Waals surface area contributed by atoms with Crippen LogP contribution in [0.1, 0.15) is 17.5 Å². The molecule has 1 atom stereocenters. The lowest BCUT2D eigenvalue weighted by Crippen LogP contribution is -2.27. The molecule has 20 heavy (non-hydrogen) atoms. The molecule has 0 saturated carbocycles. The van der Waals surface area contributed by atoms with E-state index in [-0.39, 0.29) is 24.0 Å². The van der Waals surface area contributed by atoms with E-state index in [1.165, 1.54) is 0 Å². The van der Waals surface area contributed by atoms with Crippen molar-refractivity contribution in [1.29, 1.82) is 0 Å². The lowest BCUT2D eigenvalue weighted by molar-refractivity contribution is -0.128. The van der Waals surface area contributed by atoms with Crippen molar-refractivity contribution in [2.75, 3.05) is 12.3 Å². The third-order valence-corrected chi connectivity index (χ3v) is 4.62. The number of rotatable bonds is 4. The fourth-order valence-corrected chi connectivity index (χ4v) is 3.61. The second kappa shape index (κ2) is 5.71. The zero-order valence-electron chi connectivity index (χ0n) is 11.2. The van der Waals surface area contributed by atoms with Gasteiger partial charge in [-0.05, 0) is 24.1 Å². The van der Waals surface area contributed by atoms with Gasteiger partial charge in [-0.1, -0.05) is 23.7 Å². The van der Waals surface area contributed by atoms with E-state index in [9.17, 15) is 13.2 Å². The van der Waals surface area contributed by atoms with Crippen molar-refractivity contribution in [1.82, 2.24) is 4.90 Å².